The summed E-state index contributed by atoms with van der Waals surface area (Å²) in [4.78, 5) is 38.2. The lowest BCUT2D eigenvalue weighted by Gasteiger charge is -2.25. The Bertz CT molecular complexity index is 639. The second-order valence-corrected chi connectivity index (χ2v) is 6.01. The molecule has 1 aliphatic carbocycles. The molecule has 1 atom stereocenters. The number of para-hydroxylation sites is 2. The van der Waals surface area contributed by atoms with E-state index in [1.54, 1.807) is 24.3 Å². The lowest BCUT2D eigenvalue weighted by atomic mass is 10.1. The van der Waals surface area contributed by atoms with Gasteiger partial charge in [0, 0.05) is 13.0 Å². The number of nitrogens with one attached hydrogen (secondary N) is 1. The Labute approximate surface area is 134 Å². The van der Waals surface area contributed by atoms with E-state index in [0.717, 1.165) is 12.8 Å². The highest BCUT2D eigenvalue weighted by Crippen LogP contribution is 2.34. The van der Waals surface area contributed by atoms with Crippen LogP contribution < -0.4 is 15.0 Å². The summed E-state index contributed by atoms with van der Waals surface area (Å²) < 4.78 is 5.28. The lowest BCUT2D eigenvalue weighted by molar-refractivity contribution is -0.138. The number of rotatable bonds is 6. The van der Waals surface area contributed by atoms with Crippen molar-refractivity contribution in [2.45, 2.75) is 31.7 Å². The van der Waals surface area contributed by atoms with E-state index in [2.05, 4.69) is 5.32 Å². The zero-order chi connectivity index (χ0) is 16.4. The van der Waals surface area contributed by atoms with Crippen molar-refractivity contribution in [2.24, 2.45) is 5.92 Å². The maximum Gasteiger partial charge on any atom is 0.289 e. The lowest BCUT2D eigenvalue weighted by Crippen LogP contribution is -2.46. The van der Waals surface area contributed by atoms with E-state index in [0.29, 0.717) is 30.3 Å². The Morgan fingerprint density at radius 1 is 1.26 bits per heavy atom. The second kappa shape index (κ2) is 6.40. The number of nitrogens with zero attached hydrogens (tertiary/aromatic N) is 1. The van der Waals surface area contributed by atoms with Crippen LogP contribution >= 0.6 is 0 Å². The first-order chi connectivity index (χ1) is 11.1. The third-order valence-electron chi connectivity index (χ3n) is 4.33. The Balaban J connectivity index is 1.78. The number of hydrogen-bond donors (Lipinski definition) is 1. The molecule has 1 aromatic carbocycles. The maximum atomic E-state index is 12.5. The average Bonchev–Trinajstić information content (AvgIpc) is 3.33. The number of carbonyl (C=O) groups is 3. The first-order valence-electron chi connectivity index (χ1n) is 7.89. The number of anilines is 1. The van der Waals surface area contributed by atoms with Crippen molar-refractivity contribution in [3.8, 4) is 5.75 Å². The molecule has 1 aliphatic heterocycles. The smallest absolute Gasteiger partial charge is 0.289 e. The monoisotopic (exact) mass is 316 g/mol. The molecule has 2 aliphatic rings. The Morgan fingerprint density at radius 3 is 2.70 bits per heavy atom. The highest BCUT2D eigenvalue weighted by Gasteiger charge is 2.41. The van der Waals surface area contributed by atoms with Crippen molar-refractivity contribution < 1.29 is 19.1 Å². The molecular formula is C17H20N2O4. The number of methoxy groups -OCH3 is 1. The largest absolute Gasteiger partial charge is 0.495 e. The summed E-state index contributed by atoms with van der Waals surface area (Å²) in [6, 6.07) is 6.28. The molecule has 0 radical (unpaired) electrons. The zero-order valence-electron chi connectivity index (χ0n) is 13.1. The minimum absolute atomic E-state index is 0.164. The van der Waals surface area contributed by atoms with E-state index >= 15 is 0 Å². The minimum atomic E-state index is -0.752. The molecule has 0 bridgehead atoms. The van der Waals surface area contributed by atoms with Gasteiger partial charge in [-0.2, -0.15) is 0 Å². The topological polar surface area (TPSA) is 75.7 Å². The van der Waals surface area contributed by atoms with Crippen LogP contribution in [0.15, 0.2) is 24.3 Å². The number of amides is 2. The molecule has 3 rings (SSSR count). The summed E-state index contributed by atoms with van der Waals surface area (Å²) in [6.45, 7) is 0.542. The van der Waals surface area contributed by atoms with E-state index in [-0.39, 0.29) is 12.3 Å². The number of hydrogen-bond acceptors (Lipinski definition) is 4. The summed E-state index contributed by atoms with van der Waals surface area (Å²) in [5, 5.41) is 2.68. The molecule has 6 heteroatoms. The van der Waals surface area contributed by atoms with Gasteiger partial charge in [-0.05, 0) is 37.3 Å². The zero-order valence-corrected chi connectivity index (χ0v) is 13.1. The minimum Gasteiger partial charge on any atom is -0.495 e. The fraction of sp³-hybridized carbons (Fsp3) is 0.471. The molecule has 2 amide bonds. The van der Waals surface area contributed by atoms with Gasteiger partial charge in [-0.15, -0.1) is 0 Å². The van der Waals surface area contributed by atoms with Gasteiger partial charge in [0.1, 0.15) is 11.8 Å². The molecule has 6 nitrogen and oxygen atoms in total. The highest BCUT2D eigenvalue weighted by atomic mass is 16.5. The first kappa shape index (κ1) is 15.5. The summed E-state index contributed by atoms with van der Waals surface area (Å²) in [6.07, 6.45) is 2.81. The Kier molecular flexibility index (Phi) is 4.32. The van der Waals surface area contributed by atoms with Crippen molar-refractivity contribution in [2.75, 3.05) is 18.6 Å². The van der Waals surface area contributed by atoms with Crippen LogP contribution in [0.1, 0.15) is 25.7 Å². The Hall–Kier alpha value is -2.37. The van der Waals surface area contributed by atoms with Crippen molar-refractivity contribution in [3.63, 3.8) is 0 Å². The van der Waals surface area contributed by atoms with E-state index in [9.17, 15) is 14.4 Å². The van der Waals surface area contributed by atoms with Gasteiger partial charge in [0.25, 0.3) is 5.91 Å². The number of carbonyl (C=O) groups excluding carboxylic acids is 3. The number of Topliss-reactive ketones (excluding diaryl/α,β-unsaturated/α-hetero) is 1. The van der Waals surface area contributed by atoms with E-state index in [1.807, 2.05) is 0 Å². The molecule has 1 heterocycles. The summed E-state index contributed by atoms with van der Waals surface area (Å²) in [5.41, 5.74) is 0.533. The molecule has 23 heavy (non-hydrogen) atoms. The molecule has 1 unspecified atom stereocenters. The van der Waals surface area contributed by atoms with Crippen LogP contribution in [0.5, 0.6) is 5.75 Å². The highest BCUT2D eigenvalue weighted by molar-refractivity contribution is 6.39. The SMILES string of the molecule is COc1ccccc1N1C(=O)CCC1C(=O)C(=O)NCC1CC1. The molecule has 2 fully saturated rings. The molecule has 1 N–H and O–H groups in total. The van der Waals surface area contributed by atoms with Crippen LogP contribution in [0.3, 0.4) is 0 Å². The molecule has 1 saturated heterocycles. The van der Waals surface area contributed by atoms with Gasteiger partial charge in [-0.3, -0.25) is 19.3 Å². The molecule has 1 saturated carbocycles. The third kappa shape index (κ3) is 3.21. The van der Waals surface area contributed by atoms with Gasteiger partial charge in [0.05, 0.1) is 12.8 Å². The van der Waals surface area contributed by atoms with Gasteiger partial charge in [-0.25, -0.2) is 0 Å². The number of benzene rings is 1. The van der Waals surface area contributed by atoms with Crippen molar-refractivity contribution >= 4 is 23.3 Å². The standard InChI is InChI=1S/C17H20N2O4/c1-23-14-5-3-2-4-12(14)19-13(8-9-15(19)20)16(21)17(22)18-10-11-6-7-11/h2-5,11,13H,6-10H2,1H3,(H,18,22). The second-order valence-electron chi connectivity index (χ2n) is 6.01. The normalized spacial score (nSPS) is 20.5. The fourth-order valence-corrected chi connectivity index (χ4v) is 2.86. The number of ketones is 1. The van der Waals surface area contributed by atoms with Crippen LogP contribution in [0.25, 0.3) is 0 Å². The van der Waals surface area contributed by atoms with Gasteiger partial charge in [0.2, 0.25) is 11.7 Å². The van der Waals surface area contributed by atoms with Gasteiger partial charge in [0.15, 0.2) is 0 Å². The molecule has 122 valence electrons. The average molecular weight is 316 g/mol. The van der Waals surface area contributed by atoms with Crippen molar-refractivity contribution in [1.82, 2.24) is 5.32 Å². The molecule has 1 aromatic rings. The molecule has 0 spiro atoms. The molecular weight excluding hydrogens is 296 g/mol. The number of ether oxygens (including phenoxy) is 1. The van der Waals surface area contributed by atoms with E-state index in [4.69, 9.17) is 4.74 Å². The predicted molar refractivity (Wildman–Crippen MR) is 84.2 cm³/mol. The van der Waals surface area contributed by atoms with E-state index < -0.39 is 17.7 Å². The Morgan fingerprint density at radius 2 is 2.00 bits per heavy atom. The van der Waals surface area contributed by atoms with Gasteiger partial charge < -0.3 is 10.1 Å². The maximum absolute atomic E-state index is 12.5. The summed E-state index contributed by atoms with van der Waals surface area (Å²) in [5.74, 6) is -0.303. The summed E-state index contributed by atoms with van der Waals surface area (Å²) in [7, 11) is 1.51. The van der Waals surface area contributed by atoms with Crippen LogP contribution in [-0.4, -0.2) is 37.3 Å². The van der Waals surface area contributed by atoms with Gasteiger partial charge >= 0.3 is 0 Å². The van der Waals surface area contributed by atoms with Crippen LogP contribution in [-0.2, 0) is 14.4 Å². The fourth-order valence-electron chi connectivity index (χ4n) is 2.86. The third-order valence-corrected chi connectivity index (χ3v) is 4.33. The van der Waals surface area contributed by atoms with Crippen LogP contribution in [0.2, 0.25) is 0 Å². The molecule has 0 aromatic heterocycles. The van der Waals surface area contributed by atoms with Crippen LogP contribution in [0.4, 0.5) is 5.69 Å². The summed E-state index contributed by atoms with van der Waals surface area (Å²) >= 11 is 0. The van der Waals surface area contributed by atoms with Crippen molar-refractivity contribution in [1.29, 1.82) is 0 Å². The quantitative estimate of drug-likeness (QED) is 0.802. The van der Waals surface area contributed by atoms with Crippen LogP contribution in [0, 0.1) is 5.92 Å². The van der Waals surface area contributed by atoms with E-state index in [1.165, 1.54) is 12.0 Å². The van der Waals surface area contributed by atoms with Gasteiger partial charge in [-0.1, -0.05) is 12.1 Å². The van der Waals surface area contributed by atoms with Crippen molar-refractivity contribution in [3.05, 3.63) is 24.3 Å². The first-order valence-corrected chi connectivity index (χ1v) is 7.89. The predicted octanol–water partition coefficient (Wildman–Crippen LogP) is 1.29.